The van der Waals surface area contributed by atoms with Crippen LogP contribution in [0.1, 0.15) is 34.6 Å². The fourth-order valence-electron chi connectivity index (χ4n) is 1.43. The van der Waals surface area contributed by atoms with Crippen LogP contribution >= 0.6 is 0 Å². The molecule has 0 aromatic carbocycles. The summed E-state index contributed by atoms with van der Waals surface area (Å²) in [6.45, 7) is 17.1. The number of hydrogen-bond donors (Lipinski definition) is 0. The summed E-state index contributed by atoms with van der Waals surface area (Å²) in [6, 6.07) is 0. The van der Waals surface area contributed by atoms with Crippen molar-refractivity contribution in [2.45, 2.75) is 45.8 Å². The highest BCUT2D eigenvalue weighted by molar-refractivity contribution is 6.55. The van der Waals surface area contributed by atoms with Crippen molar-refractivity contribution in [3.05, 3.63) is 24.2 Å². The lowest BCUT2D eigenvalue weighted by molar-refractivity contribution is -0.139. The van der Waals surface area contributed by atoms with Crippen LogP contribution in [-0.2, 0) is 18.8 Å². The summed E-state index contributed by atoms with van der Waals surface area (Å²) in [6.07, 6.45) is 0. The molecule has 0 radical (unpaired) electrons. The van der Waals surface area contributed by atoms with Crippen molar-refractivity contribution >= 4 is 13.1 Å². The van der Waals surface area contributed by atoms with Gasteiger partial charge in [-0.3, -0.25) is 4.79 Å². The molecule has 1 fully saturated rings. The predicted octanol–water partition coefficient (Wildman–Crippen LogP) is 2.29. The van der Waals surface area contributed by atoms with Gasteiger partial charge in [0, 0.05) is 6.92 Å². The van der Waals surface area contributed by atoms with Gasteiger partial charge in [-0.1, -0.05) is 13.2 Å². The van der Waals surface area contributed by atoms with Crippen molar-refractivity contribution in [3.8, 4) is 0 Å². The molecule has 1 aliphatic rings. The Kier molecular flexibility index (Phi) is 4.08. The topological polar surface area (TPSA) is 44.8 Å². The van der Waals surface area contributed by atoms with Crippen molar-refractivity contribution < 1.29 is 18.8 Å². The van der Waals surface area contributed by atoms with Crippen LogP contribution in [0.15, 0.2) is 24.2 Å². The van der Waals surface area contributed by atoms with E-state index in [-0.39, 0.29) is 12.6 Å². The third-order valence-electron chi connectivity index (χ3n) is 3.44. The van der Waals surface area contributed by atoms with Crippen LogP contribution in [0.2, 0.25) is 0 Å². The van der Waals surface area contributed by atoms with E-state index in [9.17, 15) is 4.79 Å². The molecule has 0 aromatic rings. The summed E-state index contributed by atoms with van der Waals surface area (Å²) in [5.41, 5.74) is 0.378. The molecule has 0 spiro atoms. The fourth-order valence-corrected chi connectivity index (χ4v) is 1.43. The summed E-state index contributed by atoms with van der Waals surface area (Å²) < 4.78 is 16.5. The molecule has 0 bridgehead atoms. The Morgan fingerprint density at radius 2 is 1.61 bits per heavy atom. The molecule has 0 saturated carbocycles. The van der Waals surface area contributed by atoms with Gasteiger partial charge < -0.3 is 14.0 Å². The Morgan fingerprint density at radius 1 is 1.17 bits per heavy atom. The van der Waals surface area contributed by atoms with E-state index in [0.29, 0.717) is 11.0 Å². The van der Waals surface area contributed by atoms with E-state index in [1.807, 2.05) is 27.7 Å². The van der Waals surface area contributed by atoms with Gasteiger partial charge in [-0.25, -0.2) is 0 Å². The molecule has 0 amide bonds. The van der Waals surface area contributed by atoms with E-state index < -0.39 is 18.3 Å². The van der Waals surface area contributed by atoms with E-state index >= 15 is 0 Å². The van der Waals surface area contributed by atoms with Crippen molar-refractivity contribution in [2.24, 2.45) is 0 Å². The number of hydrogen-bond acceptors (Lipinski definition) is 4. The van der Waals surface area contributed by atoms with Gasteiger partial charge >= 0.3 is 13.1 Å². The van der Waals surface area contributed by atoms with E-state index in [0.717, 1.165) is 0 Å². The summed E-state index contributed by atoms with van der Waals surface area (Å²) >= 11 is 0. The van der Waals surface area contributed by atoms with E-state index in [1.54, 1.807) is 0 Å². The molecule has 0 atom stereocenters. The Balaban J connectivity index is 2.65. The first-order valence-electron chi connectivity index (χ1n) is 5.93. The van der Waals surface area contributed by atoms with Gasteiger partial charge in [0.25, 0.3) is 0 Å². The molecular formula is C13H21BO4. The maximum atomic E-state index is 10.7. The molecule has 0 unspecified atom stereocenters. The summed E-state index contributed by atoms with van der Waals surface area (Å²) in [4.78, 5) is 10.7. The predicted molar refractivity (Wildman–Crippen MR) is 71.0 cm³/mol. The number of rotatable bonds is 4. The Bertz CT molecular complexity index is 368. The Morgan fingerprint density at radius 3 is 2.00 bits per heavy atom. The van der Waals surface area contributed by atoms with Crippen LogP contribution in [0, 0.1) is 0 Å². The number of esters is 1. The largest absolute Gasteiger partial charge is 0.494 e. The smallest absolute Gasteiger partial charge is 0.461 e. The van der Waals surface area contributed by atoms with Gasteiger partial charge in [0.15, 0.2) is 0 Å². The maximum Gasteiger partial charge on any atom is 0.494 e. The highest BCUT2D eigenvalue weighted by Gasteiger charge is 2.52. The highest BCUT2D eigenvalue weighted by atomic mass is 16.7. The summed E-state index contributed by atoms with van der Waals surface area (Å²) in [5, 5.41) is 0. The van der Waals surface area contributed by atoms with Crippen LogP contribution in [0.4, 0.5) is 0 Å². The minimum absolute atomic E-state index is 0.109. The second-order valence-corrected chi connectivity index (χ2v) is 5.50. The van der Waals surface area contributed by atoms with Crippen molar-refractivity contribution in [3.63, 3.8) is 0 Å². The molecule has 0 aromatic heterocycles. The molecule has 0 aliphatic carbocycles. The first-order valence-corrected chi connectivity index (χ1v) is 5.93. The zero-order valence-electron chi connectivity index (χ0n) is 11.8. The highest BCUT2D eigenvalue weighted by Crippen LogP contribution is 2.39. The molecule has 1 saturated heterocycles. The third-order valence-corrected chi connectivity index (χ3v) is 3.44. The molecule has 100 valence electrons. The first kappa shape index (κ1) is 15.0. The van der Waals surface area contributed by atoms with Crippen molar-refractivity contribution in [1.82, 2.24) is 0 Å². The Hall–Kier alpha value is -1.07. The van der Waals surface area contributed by atoms with Crippen LogP contribution in [0.25, 0.3) is 0 Å². The summed E-state index contributed by atoms with van der Waals surface area (Å²) in [7, 11) is -0.543. The van der Waals surface area contributed by atoms with Crippen molar-refractivity contribution in [2.75, 3.05) is 6.61 Å². The fraction of sp³-hybridized carbons (Fsp3) is 0.615. The zero-order chi connectivity index (χ0) is 14.1. The lowest BCUT2D eigenvalue weighted by Gasteiger charge is -2.32. The average molecular weight is 252 g/mol. The molecule has 4 nitrogen and oxygen atoms in total. The van der Waals surface area contributed by atoms with Crippen LogP contribution in [0.3, 0.4) is 0 Å². The quantitative estimate of drug-likeness (QED) is 0.437. The van der Waals surface area contributed by atoms with Gasteiger partial charge in [0.1, 0.15) is 6.61 Å². The molecule has 1 rings (SSSR count). The van der Waals surface area contributed by atoms with E-state index in [4.69, 9.17) is 14.0 Å². The summed E-state index contributed by atoms with van der Waals surface area (Å²) in [5.74, 6) is -0.349. The van der Waals surface area contributed by atoms with Gasteiger partial charge in [-0.2, -0.15) is 0 Å². The SMILES string of the molecule is C=C(COC(C)=O)C(=C)B1OC(C)(C)C(C)(C)O1. The van der Waals surface area contributed by atoms with Crippen LogP contribution in [-0.4, -0.2) is 30.9 Å². The van der Waals surface area contributed by atoms with E-state index in [1.165, 1.54) is 6.92 Å². The monoisotopic (exact) mass is 252 g/mol. The minimum Gasteiger partial charge on any atom is -0.461 e. The molecular weight excluding hydrogens is 231 g/mol. The standard InChI is InChI=1S/C13H21BO4/c1-9(8-16-11(3)15)10(2)14-17-12(4,5)13(6,7)18-14/h1-2,8H2,3-7H3. The van der Waals surface area contributed by atoms with Gasteiger partial charge in [0.2, 0.25) is 0 Å². The Labute approximate surface area is 109 Å². The van der Waals surface area contributed by atoms with Crippen LogP contribution < -0.4 is 0 Å². The lowest BCUT2D eigenvalue weighted by Crippen LogP contribution is -2.41. The van der Waals surface area contributed by atoms with Gasteiger partial charge in [-0.05, 0) is 38.7 Å². The first-order chi connectivity index (χ1) is 8.07. The normalized spacial score (nSPS) is 20.6. The zero-order valence-corrected chi connectivity index (χ0v) is 11.8. The molecule has 5 heteroatoms. The maximum absolute atomic E-state index is 10.7. The van der Waals surface area contributed by atoms with Gasteiger partial charge in [0.05, 0.1) is 11.2 Å². The van der Waals surface area contributed by atoms with Crippen molar-refractivity contribution in [1.29, 1.82) is 0 Å². The van der Waals surface area contributed by atoms with Gasteiger partial charge in [-0.15, -0.1) is 0 Å². The molecule has 0 N–H and O–H groups in total. The number of carbonyl (C=O) groups is 1. The molecule has 1 aliphatic heterocycles. The second kappa shape index (κ2) is 4.90. The minimum atomic E-state index is -0.543. The van der Waals surface area contributed by atoms with E-state index in [2.05, 4.69) is 13.2 Å². The third kappa shape index (κ3) is 3.03. The molecule has 18 heavy (non-hydrogen) atoms. The number of carbonyl (C=O) groups excluding carboxylic acids is 1. The second-order valence-electron chi connectivity index (χ2n) is 5.50. The average Bonchev–Trinajstić information content (AvgIpc) is 2.43. The van der Waals surface area contributed by atoms with Crippen LogP contribution in [0.5, 0.6) is 0 Å². The number of ether oxygens (including phenoxy) is 1. The lowest BCUT2D eigenvalue weighted by atomic mass is 9.75. The molecule has 1 heterocycles.